The molecular formula is C15H23BO2Si. The molecule has 4 heteroatoms. The third-order valence-corrected chi connectivity index (χ3v) is 4.48. The maximum absolute atomic E-state index is 5.79. The van der Waals surface area contributed by atoms with Crippen molar-refractivity contribution in [1.82, 2.24) is 0 Å². The maximum atomic E-state index is 5.79. The first-order valence-corrected chi connectivity index (χ1v) is 10.7. The Morgan fingerprint density at radius 2 is 1.79 bits per heavy atom. The second-order valence-electron chi connectivity index (χ2n) is 6.29. The van der Waals surface area contributed by atoms with Crippen LogP contribution in [0.3, 0.4) is 0 Å². The van der Waals surface area contributed by atoms with Crippen LogP contribution in [0.15, 0.2) is 35.8 Å². The monoisotopic (exact) mass is 274 g/mol. The second-order valence-corrected chi connectivity index (χ2v) is 11.8. The minimum Gasteiger partial charge on any atom is -0.407 e. The quantitative estimate of drug-likeness (QED) is 0.776. The van der Waals surface area contributed by atoms with Gasteiger partial charge in [0.1, 0.15) is 0 Å². The molecule has 0 saturated carbocycles. The number of hydrogen-bond donors (Lipinski definition) is 0. The minimum atomic E-state index is -1.19. The Bertz CT molecular complexity index is 420. The van der Waals surface area contributed by atoms with Gasteiger partial charge in [-0.2, -0.15) is 0 Å². The van der Waals surface area contributed by atoms with Crippen LogP contribution in [0.25, 0.3) is 6.08 Å². The zero-order valence-electron chi connectivity index (χ0n) is 12.2. The average molecular weight is 274 g/mol. The summed E-state index contributed by atoms with van der Waals surface area (Å²) in [5, 5.41) is 0. The first kappa shape index (κ1) is 14.6. The molecule has 0 aromatic heterocycles. The topological polar surface area (TPSA) is 18.5 Å². The fourth-order valence-electron chi connectivity index (χ4n) is 2.28. The fraction of sp³-hybridized carbons (Fsp3) is 0.467. The summed E-state index contributed by atoms with van der Waals surface area (Å²) in [7, 11) is -1.32. The van der Waals surface area contributed by atoms with E-state index in [1.807, 2.05) is 6.07 Å². The van der Waals surface area contributed by atoms with Gasteiger partial charge in [-0.3, -0.25) is 0 Å². The standard InChI is InChI=1S/C15H23BO2Si/c1-19(2,3)13-15(16-17-10-7-11-18-16)12-14-8-5-4-6-9-14/h4-6,8-9,12H,7,10-11,13H2,1-3H3/b15-12-. The molecule has 0 unspecified atom stereocenters. The normalized spacial score (nSPS) is 17.6. The smallest absolute Gasteiger partial charge is 0.407 e. The van der Waals surface area contributed by atoms with Gasteiger partial charge in [0.25, 0.3) is 0 Å². The molecule has 0 aliphatic carbocycles. The SMILES string of the molecule is C[Si](C)(C)C/C(=C/c1ccccc1)B1OCCCO1. The van der Waals surface area contributed by atoms with E-state index in [1.165, 1.54) is 11.0 Å². The largest absolute Gasteiger partial charge is 0.489 e. The van der Waals surface area contributed by atoms with Crippen LogP contribution >= 0.6 is 0 Å². The molecule has 1 heterocycles. The summed E-state index contributed by atoms with van der Waals surface area (Å²) < 4.78 is 11.6. The highest BCUT2D eigenvalue weighted by Crippen LogP contribution is 2.23. The van der Waals surface area contributed by atoms with Gasteiger partial charge >= 0.3 is 7.12 Å². The van der Waals surface area contributed by atoms with Gasteiger partial charge in [-0.15, -0.1) is 0 Å². The van der Waals surface area contributed by atoms with Crippen LogP contribution in [-0.4, -0.2) is 28.4 Å². The molecule has 1 saturated heterocycles. The van der Waals surface area contributed by atoms with Crippen LogP contribution < -0.4 is 0 Å². The summed E-state index contributed by atoms with van der Waals surface area (Å²) in [5.41, 5.74) is 2.53. The summed E-state index contributed by atoms with van der Waals surface area (Å²) in [6.07, 6.45) is 3.25. The Labute approximate surface area is 118 Å². The van der Waals surface area contributed by atoms with E-state index < -0.39 is 8.07 Å². The molecule has 1 aliphatic heterocycles. The molecule has 0 spiro atoms. The molecule has 1 aliphatic rings. The van der Waals surface area contributed by atoms with Gasteiger partial charge in [0.2, 0.25) is 0 Å². The van der Waals surface area contributed by atoms with E-state index in [-0.39, 0.29) is 7.12 Å². The van der Waals surface area contributed by atoms with Crippen molar-refractivity contribution in [2.45, 2.75) is 32.1 Å². The molecule has 1 aromatic carbocycles. The zero-order chi connectivity index (χ0) is 13.7. The lowest BCUT2D eigenvalue weighted by Crippen LogP contribution is -2.35. The molecule has 0 radical (unpaired) electrons. The van der Waals surface area contributed by atoms with Crippen molar-refractivity contribution >= 4 is 21.3 Å². The number of allylic oxidation sites excluding steroid dienone is 1. The van der Waals surface area contributed by atoms with Crippen molar-refractivity contribution < 1.29 is 9.31 Å². The van der Waals surface area contributed by atoms with E-state index in [4.69, 9.17) is 9.31 Å². The van der Waals surface area contributed by atoms with Crippen LogP contribution in [-0.2, 0) is 9.31 Å². The molecule has 2 nitrogen and oxygen atoms in total. The summed E-state index contributed by atoms with van der Waals surface area (Å²) in [5.74, 6) is 0. The van der Waals surface area contributed by atoms with Crippen LogP contribution in [0.1, 0.15) is 12.0 Å². The molecule has 0 atom stereocenters. The molecule has 19 heavy (non-hydrogen) atoms. The Hall–Kier alpha value is -0.838. The van der Waals surface area contributed by atoms with E-state index in [2.05, 4.69) is 50.0 Å². The van der Waals surface area contributed by atoms with Gasteiger partial charge in [0.05, 0.1) is 0 Å². The fourth-order valence-corrected chi connectivity index (χ4v) is 3.77. The summed E-state index contributed by atoms with van der Waals surface area (Å²) in [6.45, 7) is 8.77. The van der Waals surface area contributed by atoms with Crippen molar-refractivity contribution in [3.63, 3.8) is 0 Å². The van der Waals surface area contributed by atoms with Gasteiger partial charge in [-0.25, -0.2) is 0 Å². The Morgan fingerprint density at radius 1 is 1.16 bits per heavy atom. The molecule has 2 rings (SSSR count). The predicted molar refractivity (Wildman–Crippen MR) is 84.8 cm³/mol. The lowest BCUT2D eigenvalue weighted by atomic mass is 9.77. The van der Waals surface area contributed by atoms with Gasteiger partial charge < -0.3 is 9.31 Å². The van der Waals surface area contributed by atoms with Gasteiger partial charge in [0, 0.05) is 21.3 Å². The van der Waals surface area contributed by atoms with Crippen LogP contribution in [0.2, 0.25) is 25.7 Å². The van der Waals surface area contributed by atoms with E-state index in [1.54, 1.807) is 0 Å². The van der Waals surface area contributed by atoms with E-state index >= 15 is 0 Å². The maximum Gasteiger partial charge on any atom is 0.489 e. The van der Waals surface area contributed by atoms with Crippen LogP contribution in [0, 0.1) is 0 Å². The van der Waals surface area contributed by atoms with Crippen molar-refractivity contribution in [1.29, 1.82) is 0 Å². The summed E-state index contributed by atoms with van der Waals surface area (Å²) in [4.78, 5) is 0. The summed E-state index contributed by atoms with van der Waals surface area (Å²) in [6, 6.07) is 11.6. The Kier molecular flexibility index (Phi) is 5.02. The van der Waals surface area contributed by atoms with E-state index in [0.717, 1.165) is 25.7 Å². The average Bonchev–Trinajstić information content (AvgIpc) is 2.39. The molecule has 0 N–H and O–H groups in total. The second kappa shape index (κ2) is 6.55. The molecule has 1 aromatic rings. The first-order valence-electron chi connectivity index (χ1n) is 7.03. The lowest BCUT2D eigenvalue weighted by Gasteiger charge is -2.26. The third-order valence-electron chi connectivity index (χ3n) is 3.02. The number of hydrogen-bond acceptors (Lipinski definition) is 2. The number of benzene rings is 1. The predicted octanol–water partition coefficient (Wildman–Crippen LogP) is 3.87. The number of rotatable bonds is 4. The van der Waals surface area contributed by atoms with Crippen molar-refractivity contribution in [3.8, 4) is 0 Å². The molecule has 0 bridgehead atoms. The van der Waals surface area contributed by atoms with Crippen LogP contribution in [0.4, 0.5) is 0 Å². The first-order chi connectivity index (χ1) is 9.04. The summed E-state index contributed by atoms with van der Waals surface area (Å²) >= 11 is 0. The Morgan fingerprint density at radius 3 is 2.37 bits per heavy atom. The Balaban J connectivity index is 2.20. The third kappa shape index (κ3) is 4.97. The molecule has 0 amide bonds. The van der Waals surface area contributed by atoms with Crippen molar-refractivity contribution in [3.05, 3.63) is 41.4 Å². The minimum absolute atomic E-state index is 0.138. The molecule has 102 valence electrons. The van der Waals surface area contributed by atoms with E-state index in [9.17, 15) is 0 Å². The zero-order valence-corrected chi connectivity index (χ0v) is 13.2. The lowest BCUT2D eigenvalue weighted by molar-refractivity contribution is 0.140. The highest BCUT2D eigenvalue weighted by molar-refractivity contribution is 6.78. The molecule has 1 fully saturated rings. The van der Waals surface area contributed by atoms with Gasteiger partial charge in [0.15, 0.2) is 0 Å². The van der Waals surface area contributed by atoms with Crippen LogP contribution in [0.5, 0.6) is 0 Å². The highest BCUT2D eigenvalue weighted by atomic mass is 28.3. The van der Waals surface area contributed by atoms with E-state index in [0.29, 0.717) is 0 Å². The van der Waals surface area contributed by atoms with Crippen molar-refractivity contribution in [2.24, 2.45) is 0 Å². The molecular weight excluding hydrogens is 251 g/mol. The highest BCUT2D eigenvalue weighted by Gasteiger charge is 2.30. The van der Waals surface area contributed by atoms with Gasteiger partial charge in [-0.05, 0) is 23.5 Å². The van der Waals surface area contributed by atoms with Gasteiger partial charge in [-0.1, -0.05) is 56.0 Å². The van der Waals surface area contributed by atoms with Crippen molar-refractivity contribution in [2.75, 3.05) is 13.2 Å².